The quantitative estimate of drug-likeness (QED) is 0.513. The van der Waals surface area contributed by atoms with Crippen LogP contribution < -0.4 is 5.32 Å². The first-order valence-corrected chi connectivity index (χ1v) is 9.12. The molecule has 28 heavy (non-hydrogen) atoms. The summed E-state index contributed by atoms with van der Waals surface area (Å²) in [4.78, 5) is 16.6. The molecule has 4 rings (SSSR count). The zero-order valence-corrected chi connectivity index (χ0v) is 15.4. The van der Waals surface area contributed by atoms with Gasteiger partial charge in [0.2, 0.25) is 0 Å². The van der Waals surface area contributed by atoms with Crippen LogP contribution in [-0.4, -0.2) is 10.9 Å². The number of hydrogen-bond donors (Lipinski definition) is 1. The van der Waals surface area contributed by atoms with E-state index in [1.165, 1.54) is 6.07 Å². The summed E-state index contributed by atoms with van der Waals surface area (Å²) in [5.74, 6) is -0.739. The molecule has 1 N–H and O–H groups in total. The third-order valence-electron chi connectivity index (χ3n) is 4.86. The molecule has 0 aliphatic heterocycles. The molecular weight excluding hydrogens is 351 g/mol. The molecule has 3 aromatic carbocycles. The minimum Gasteiger partial charge on any atom is -0.345 e. The van der Waals surface area contributed by atoms with E-state index in [4.69, 9.17) is 0 Å². The summed E-state index contributed by atoms with van der Waals surface area (Å²) >= 11 is 0. The van der Waals surface area contributed by atoms with E-state index in [2.05, 4.69) is 10.3 Å². The molecule has 4 heteroatoms. The summed E-state index contributed by atoms with van der Waals surface area (Å²) in [5.41, 5.74) is 2.49. The second kappa shape index (κ2) is 7.61. The van der Waals surface area contributed by atoms with Gasteiger partial charge in [0.05, 0.1) is 6.04 Å². The molecule has 138 valence electrons. The smallest absolute Gasteiger partial charge is 0.251 e. The minimum atomic E-state index is -0.434. The lowest BCUT2D eigenvalue weighted by Gasteiger charge is -2.17. The number of rotatable bonds is 4. The van der Waals surface area contributed by atoms with Crippen molar-refractivity contribution in [2.45, 2.75) is 13.0 Å². The summed E-state index contributed by atoms with van der Waals surface area (Å²) in [6.07, 6.45) is 3.22. The number of nitrogens with one attached hydrogen (secondary N) is 1. The number of hydrogen-bond acceptors (Lipinski definition) is 2. The van der Waals surface area contributed by atoms with Gasteiger partial charge in [-0.25, -0.2) is 4.39 Å². The summed E-state index contributed by atoms with van der Waals surface area (Å²) in [7, 11) is 0. The molecule has 4 aromatic rings. The van der Waals surface area contributed by atoms with Gasteiger partial charge in [0.15, 0.2) is 0 Å². The molecule has 0 fully saturated rings. The van der Waals surface area contributed by atoms with Crippen molar-refractivity contribution >= 4 is 16.7 Å². The standard InChI is InChI=1S/C24H19FN2O/c1-16(20-8-4-6-17-5-2-3-7-21(17)20)27-24(28)19-9-10-22(23(25)15-19)18-11-13-26-14-12-18/h2-16H,1H3,(H,27,28)/t16-/m1/s1. The predicted molar refractivity (Wildman–Crippen MR) is 109 cm³/mol. The van der Waals surface area contributed by atoms with Crippen LogP contribution in [0.4, 0.5) is 4.39 Å². The van der Waals surface area contributed by atoms with Gasteiger partial charge >= 0.3 is 0 Å². The molecule has 0 spiro atoms. The Bertz CT molecular complexity index is 1140. The molecule has 0 aliphatic carbocycles. The molecule has 0 saturated carbocycles. The van der Waals surface area contributed by atoms with Crippen molar-refractivity contribution in [1.82, 2.24) is 10.3 Å². The van der Waals surface area contributed by atoms with Crippen molar-refractivity contribution in [2.24, 2.45) is 0 Å². The molecule has 1 atom stereocenters. The van der Waals surface area contributed by atoms with Crippen LogP contribution in [0.15, 0.2) is 85.2 Å². The van der Waals surface area contributed by atoms with Crippen LogP contribution in [0.5, 0.6) is 0 Å². The highest BCUT2D eigenvalue weighted by Gasteiger charge is 2.15. The fourth-order valence-corrected chi connectivity index (χ4v) is 3.41. The van der Waals surface area contributed by atoms with Gasteiger partial charge < -0.3 is 5.32 Å². The largest absolute Gasteiger partial charge is 0.345 e. The van der Waals surface area contributed by atoms with E-state index in [0.717, 1.165) is 21.9 Å². The summed E-state index contributed by atoms with van der Waals surface area (Å²) in [5, 5.41) is 5.19. The topological polar surface area (TPSA) is 42.0 Å². The molecule has 0 unspecified atom stereocenters. The summed E-state index contributed by atoms with van der Waals surface area (Å²) in [6, 6.07) is 21.9. The van der Waals surface area contributed by atoms with E-state index >= 15 is 0 Å². The van der Waals surface area contributed by atoms with Gasteiger partial charge in [-0.15, -0.1) is 0 Å². The average Bonchev–Trinajstić information content (AvgIpc) is 2.73. The van der Waals surface area contributed by atoms with Crippen LogP contribution in [0.2, 0.25) is 0 Å². The van der Waals surface area contributed by atoms with Crippen LogP contribution >= 0.6 is 0 Å². The Morgan fingerprint density at radius 3 is 2.50 bits per heavy atom. The van der Waals surface area contributed by atoms with Gasteiger partial charge in [0.25, 0.3) is 5.91 Å². The fourth-order valence-electron chi connectivity index (χ4n) is 3.41. The third-order valence-corrected chi connectivity index (χ3v) is 4.86. The first kappa shape index (κ1) is 17.9. The number of carbonyl (C=O) groups excluding carboxylic acids is 1. The number of amides is 1. The van der Waals surface area contributed by atoms with Crippen molar-refractivity contribution in [1.29, 1.82) is 0 Å². The Kier molecular flexibility index (Phi) is 4.85. The second-order valence-corrected chi connectivity index (χ2v) is 6.69. The van der Waals surface area contributed by atoms with Gasteiger partial charge in [0.1, 0.15) is 5.82 Å². The Labute approximate surface area is 162 Å². The maximum atomic E-state index is 14.6. The number of benzene rings is 3. The molecular formula is C24H19FN2O. The van der Waals surface area contributed by atoms with E-state index in [-0.39, 0.29) is 11.9 Å². The van der Waals surface area contributed by atoms with E-state index in [1.54, 1.807) is 36.7 Å². The zero-order chi connectivity index (χ0) is 19.5. The van der Waals surface area contributed by atoms with Crippen molar-refractivity contribution in [2.75, 3.05) is 0 Å². The lowest BCUT2D eigenvalue weighted by Crippen LogP contribution is -2.26. The van der Waals surface area contributed by atoms with Crippen molar-refractivity contribution < 1.29 is 9.18 Å². The number of nitrogens with zero attached hydrogens (tertiary/aromatic N) is 1. The number of pyridine rings is 1. The Morgan fingerprint density at radius 2 is 1.71 bits per heavy atom. The predicted octanol–water partition coefficient (Wildman–Crippen LogP) is 5.53. The molecule has 0 aliphatic rings. The van der Waals surface area contributed by atoms with Crippen molar-refractivity contribution in [3.05, 3.63) is 102 Å². The third kappa shape index (κ3) is 3.49. The molecule has 1 heterocycles. The molecule has 0 radical (unpaired) electrons. The van der Waals surface area contributed by atoms with E-state index in [1.807, 2.05) is 49.4 Å². The van der Waals surface area contributed by atoms with Gasteiger partial charge in [-0.2, -0.15) is 0 Å². The summed E-state index contributed by atoms with van der Waals surface area (Å²) < 4.78 is 14.6. The van der Waals surface area contributed by atoms with E-state index < -0.39 is 5.82 Å². The van der Waals surface area contributed by atoms with Crippen LogP contribution in [0.25, 0.3) is 21.9 Å². The number of halogens is 1. The highest BCUT2D eigenvalue weighted by Crippen LogP contribution is 2.26. The maximum absolute atomic E-state index is 14.6. The second-order valence-electron chi connectivity index (χ2n) is 6.69. The highest BCUT2D eigenvalue weighted by molar-refractivity contribution is 5.95. The zero-order valence-electron chi connectivity index (χ0n) is 15.4. The Balaban J connectivity index is 1.57. The molecule has 0 bridgehead atoms. The first-order chi connectivity index (χ1) is 13.6. The number of aromatic nitrogens is 1. The lowest BCUT2D eigenvalue weighted by molar-refractivity contribution is 0.0939. The highest BCUT2D eigenvalue weighted by atomic mass is 19.1. The van der Waals surface area contributed by atoms with Crippen LogP contribution in [-0.2, 0) is 0 Å². The monoisotopic (exact) mass is 370 g/mol. The van der Waals surface area contributed by atoms with Crippen molar-refractivity contribution in [3.8, 4) is 11.1 Å². The first-order valence-electron chi connectivity index (χ1n) is 9.12. The van der Waals surface area contributed by atoms with Crippen molar-refractivity contribution in [3.63, 3.8) is 0 Å². The maximum Gasteiger partial charge on any atom is 0.251 e. The lowest BCUT2D eigenvalue weighted by atomic mass is 9.99. The van der Waals surface area contributed by atoms with Crippen LogP contribution in [0.1, 0.15) is 28.9 Å². The van der Waals surface area contributed by atoms with Gasteiger partial charge in [0, 0.05) is 23.5 Å². The Hall–Kier alpha value is -3.53. The number of fused-ring (bicyclic) bond motifs is 1. The fraction of sp³-hybridized carbons (Fsp3) is 0.0833. The van der Waals surface area contributed by atoms with Gasteiger partial charge in [-0.1, -0.05) is 48.5 Å². The SMILES string of the molecule is C[C@@H](NC(=O)c1ccc(-c2ccncc2)c(F)c1)c1cccc2ccccc12. The summed E-state index contributed by atoms with van der Waals surface area (Å²) in [6.45, 7) is 1.93. The minimum absolute atomic E-state index is 0.207. The molecule has 1 aromatic heterocycles. The van der Waals surface area contributed by atoms with Crippen LogP contribution in [0.3, 0.4) is 0 Å². The molecule has 1 amide bonds. The Morgan fingerprint density at radius 1 is 0.964 bits per heavy atom. The average molecular weight is 370 g/mol. The van der Waals surface area contributed by atoms with E-state index in [0.29, 0.717) is 11.1 Å². The van der Waals surface area contributed by atoms with E-state index in [9.17, 15) is 9.18 Å². The number of carbonyl (C=O) groups is 1. The van der Waals surface area contributed by atoms with Gasteiger partial charge in [-0.3, -0.25) is 9.78 Å². The molecule has 3 nitrogen and oxygen atoms in total. The van der Waals surface area contributed by atoms with Gasteiger partial charge in [-0.05, 0) is 53.1 Å². The molecule has 0 saturated heterocycles. The normalized spacial score (nSPS) is 11.9. The van der Waals surface area contributed by atoms with Crippen LogP contribution in [0, 0.1) is 5.82 Å².